The van der Waals surface area contributed by atoms with Gasteiger partial charge in [-0.15, -0.1) is 0 Å². The molecule has 0 spiro atoms. The van der Waals surface area contributed by atoms with Crippen LogP contribution in [0.1, 0.15) is 36.9 Å². The highest BCUT2D eigenvalue weighted by atomic mass is 16.5. The third-order valence-electron chi connectivity index (χ3n) is 7.06. The number of methoxy groups -OCH3 is 1. The molecule has 0 fully saturated rings. The molecular formula is C33H37N3O5. The van der Waals surface area contributed by atoms with Gasteiger partial charge in [-0.25, -0.2) is 4.79 Å². The monoisotopic (exact) mass is 555 g/mol. The van der Waals surface area contributed by atoms with Gasteiger partial charge in [0, 0.05) is 48.5 Å². The Hall–Kier alpha value is -4.59. The maximum atomic E-state index is 13.2. The normalized spacial score (nSPS) is 10.8. The van der Waals surface area contributed by atoms with Crippen molar-refractivity contribution in [3.05, 3.63) is 100 Å². The van der Waals surface area contributed by atoms with Crippen molar-refractivity contribution in [3.8, 4) is 16.9 Å². The number of hydrogen-bond acceptors (Lipinski definition) is 5. The van der Waals surface area contributed by atoms with Gasteiger partial charge in [0.05, 0.1) is 20.3 Å². The van der Waals surface area contributed by atoms with Crippen LogP contribution in [0.2, 0.25) is 0 Å². The summed E-state index contributed by atoms with van der Waals surface area (Å²) in [7, 11) is 3.33. The SMILES string of the molecule is COc1ccc2c(=O)n(C)c(CNC(=O)CCCCCNC(=O)OCCc3ccccc3)c(-c3ccccc3)c2c1. The lowest BCUT2D eigenvalue weighted by Gasteiger charge is -2.18. The van der Waals surface area contributed by atoms with Gasteiger partial charge >= 0.3 is 6.09 Å². The van der Waals surface area contributed by atoms with E-state index in [0.29, 0.717) is 43.5 Å². The molecular weight excluding hydrogens is 518 g/mol. The van der Waals surface area contributed by atoms with Crippen molar-refractivity contribution in [1.29, 1.82) is 0 Å². The molecule has 4 aromatic rings. The standard InChI is InChI=1S/C33H37N3O5/c1-36-29(31(25-14-8-4-9-15-25)28-22-26(40-2)17-18-27(28)32(36)38)23-35-30(37)16-10-5-11-20-34-33(39)41-21-19-24-12-6-3-7-13-24/h3-4,6-9,12-15,17-18,22H,5,10-11,16,19-21,23H2,1-2H3,(H,34,39)(H,35,37). The first-order valence-corrected chi connectivity index (χ1v) is 13.9. The molecule has 0 saturated carbocycles. The Balaban J connectivity index is 1.27. The summed E-state index contributed by atoms with van der Waals surface area (Å²) in [6.45, 7) is 1.05. The fourth-order valence-corrected chi connectivity index (χ4v) is 4.81. The van der Waals surface area contributed by atoms with Crippen molar-refractivity contribution < 1.29 is 19.1 Å². The van der Waals surface area contributed by atoms with Crippen molar-refractivity contribution in [2.75, 3.05) is 20.3 Å². The lowest BCUT2D eigenvalue weighted by Crippen LogP contribution is -2.29. The molecule has 4 rings (SSSR count). The van der Waals surface area contributed by atoms with E-state index in [1.54, 1.807) is 30.9 Å². The zero-order valence-electron chi connectivity index (χ0n) is 23.7. The van der Waals surface area contributed by atoms with E-state index in [2.05, 4.69) is 10.6 Å². The number of nitrogens with one attached hydrogen (secondary N) is 2. The number of benzene rings is 3. The average molecular weight is 556 g/mol. The molecule has 2 N–H and O–H groups in total. The molecule has 0 unspecified atom stereocenters. The molecule has 8 heteroatoms. The van der Waals surface area contributed by atoms with Crippen LogP contribution in [0.15, 0.2) is 83.7 Å². The second-order valence-corrected chi connectivity index (χ2v) is 9.85. The van der Waals surface area contributed by atoms with Crippen molar-refractivity contribution in [3.63, 3.8) is 0 Å². The number of ether oxygens (including phenoxy) is 2. The van der Waals surface area contributed by atoms with Crippen LogP contribution >= 0.6 is 0 Å². The molecule has 0 aliphatic heterocycles. The number of nitrogens with zero attached hydrogens (tertiary/aromatic N) is 1. The molecule has 0 aliphatic rings. The molecule has 0 bridgehead atoms. The Bertz CT molecular complexity index is 1520. The zero-order chi connectivity index (χ0) is 29.0. The van der Waals surface area contributed by atoms with Crippen molar-refractivity contribution in [2.24, 2.45) is 7.05 Å². The summed E-state index contributed by atoms with van der Waals surface area (Å²) in [4.78, 5) is 37.7. The Morgan fingerprint density at radius 2 is 1.59 bits per heavy atom. The molecule has 0 saturated heterocycles. The lowest BCUT2D eigenvalue weighted by atomic mass is 9.96. The van der Waals surface area contributed by atoms with E-state index in [0.717, 1.165) is 40.6 Å². The fraction of sp³-hybridized carbons (Fsp3) is 0.303. The minimum absolute atomic E-state index is 0.0875. The zero-order valence-corrected chi connectivity index (χ0v) is 23.7. The highest BCUT2D eigenvalue weighted by Gasteiger charge is 2.18. The summed E-state index contributed by atoms with van der Waals surface area (Å²) in [5, 5.41) is 7.13. The number of carbonyl (C=O) groups excluding carboxylic acids is 2. The maximum Gasteiger partial charge on any atom is 0.407 e. The summed E-state index contributed by atoms with van der Waals surface area (Å²) >= 11 is 0. The number of carbonyl (C=O) groups is 2. The van der Waals surface area contributed by atoms with Crippen molar-refractivity contribution >= 4 is 22.8 Å². The minimum Gasteiger partial charge on any atom is -0.497 e. The number of hydrogen-bond donors (Lipinski definition) is 2. The average Bonchev–Trinajstić information content (AvgIpc) is 3.00. The number of rotatable bonds is 13. The van der Waals surface area contributed by atoms with E-state index in [4.69, 9.17) is 9.47 Å². The third kappa shape index (κ3) is 7.97. The van der Waals surface area contributed by atoms with E-state index < -0.39 is 6.09 Å². The third-order valence-corrected chi connectivity index (χ3v) is 7.06. The van der Waals surface area contributed by atoms with Crippen LogP contribution < -0.4 is 20.9 Å². The molecule has 214 valence electrons. The highest BCUT2D eigenvalue weighted by molar-refractivity contribution is 5.98. The van der Waals surface area contributed by atoms with Crippen LogP contribution in [-0.2, 0) is 29.5 Å². The molecule has 2 amide bonds. The summed E-state index contributed by atoms with van der Waals surface area (Å²) in [5.41, 5.74) is 3.57. The summed E-state index contributed by atoms with van der Waals surface area (Å²) in [5.74, 6) is 0.573. The second kappa shape index (κ2) is 14.7. The number of amides is 2. The van der Waals surface area contributed by atoms with E-state index in [1.165, 1.54) is 0 Å². The molecule has 8 nitrogen and oxygen atoms in total. The molecule has 0 radical (unpaired) electrons. The Morgan fingerprint density at radius 3 is 2.32 bits per heavy atom. The summed E-state index contributed by atoms with van der Waals surface area (Å²) in [6, 6.07) is 25.2. The predicted octanol–water partition coefficient (Wildman–Crippen LogP) is 5.36. The molecule has 1 heterocycles. The number of pyridine rings is 1. The van der Waals surface area contributed by atoms with Crippen LogP contribution in [-0.4, -0.2) is 36.8 Å². The van der Waals surface area contributed by atoms with Gasteiger partial charge in [-0.05, 0) is 42.2 Å². The van der Waals surface area contributed by atoms with Gasteiger partial charge in [-0.2, -0.15) is 0 Å². The van der Waals surface area contributed by atoms with Crippen LogP contribution in [0.5, 0.6) is 5.75 Å². The lowest BCUT2D eigenvalue weighted by molar-refractivity contribution is -0.121. The topological polar surface area (TPSA) is 98.7 Å². The Kier molecular flexibility index (Phi) is 10.5. The van der Waals surface area contributed by atoms with Gasteiger partial charge < -0.3 is 24.7 Å². The number of alkyl carbamates (subject to hydrolysis) is 1. The van der Waals surface area contributed by atoms with Crippen molar-refractivity contribution in [2.45, 2.75) is 38.6 Å². The maximum absolute atomic E-state index is 13.2. The fourth-order valence-electron chi connectivity index (χ4n) is 4.81. The van der Waals surface area contributed by atoms with Gasteiger partial charge in [0.2, 0.25) is 5.91 Å². The first kappa shape index (κ1) is 29.4. The van der Waals surface area contributed by atoms with Crippen LogP contribution in [0.25, 0.3) is 21.9 Å². The largest absolute Gasteiger partial charge is 0.497 e. The van der Waals surface area contributed by atoms with E-state index in [1.807, 2.05) is 66.7 Å². The minimum atomic E-state index is -0.425. The number of fused-ring (bicyclic) bond motifs is 1. The van der Waals surface area contributed by atoms with E-state index >= 15 is 0 Å². The Labute approximate surface area is 240 Å². The molecule has 0 aliphatic carbocycles. The van der Waals surface area contributed by atoms with Crippen molar-refractivity contribution in [1.82, 2.24) is 15.2 Å². The molecule has 0 atom stereocenters. The van der Waals surface area contributed by atoms with E-state index in [9.17, 15) is 14.4 Å². The first-order chi connectivity index (χ1) is 20.0. The van der Waals surface area contributed by atoms with Gasteiger partial charge in [0.25, 0.3) is 5.56 Å². The van der Waals surface area contributed by atoms with Crippen LogP contribution in [0.4, 0.5) is 4.79 Å². The smallest absolute Gasteiger partial charge is 0.407 e. The number of unbranched alkanes of at least 4 members (excludes halogenated alkanes) is 2. The van der Waals surface area contributed by atoms with Gasteiger partial charge in [-0.1, -0.05) is 67.1 Å². The van der Waals surface area contributed by atoms with E-state index in [-0.39, 0.29) is 18.0 Å². The van der Waals surface area contributed by atoms with Gasteiger partial charge in [0.15, 0.2) is 0 Å². The molecule has 41 heavy (non-hydrogen) atoms. The van der Waals surface area contributed by atoms with Gasteiger partial charge in [0.1, 0.15) is 5.75 Å². The number of aromatic nitrogens is 1. The van der Waals surface area contributed by atoms with Gasteiger partial charge in [-0.3, -0.25) is 9.59 Å². The highest BCUT2D eigenvalue weighted by Crippen LogP contribution is 2.32. The summed E-state index contributed by atoms with van der Waals surface area (Å²) in [6.07, 6.45) is 2.85. The predicted molar refractivity (Wildman–Crippen MR) is 161 cm³/mol. The van der Waals surface area contributed by atoms with Crippen LogP contribution in [0, 0.1) is 0 Å². The summed E-state index contributed by atoms with van der Waals surface area (Å²) < 4.78 is 12.3. The molecule has 1 aromatic heterocycles. The quantitative estimate of drug-likeness (QED) is 0.217. The Morgan fingerprint density at radius 1 is 0.854 bits per heavy atom. The first-order valence-electron chi connectivity index (χ1n) is 13.9. The second-order valence-electron chi connectivity index (χ2n) is 9.85. The van der Waals surface area contributed by atoms with Crippen LogP contribution in [0.3, 0.4) is 0 Å². The molecule has 3 aromatic carbocycles.